The molecule has 0 amide bonds. The molecule has 2 nitrogen and oxygen atoms in total. The lowest BCUT2D eigenvalue weighted by Crippen LogP contribution is -2.15. The van der Waals surface area contributed by atoms with Crippen LogP contribution in [0.25, 0.3) is 0 Å². The van der Waals surface area contributed by atoms with Crippen LogP contribution < -0.4 is 10.1 Å². The van der Waals surface area contributed by atoms with Crippen molar-refractivity contribution in [3.63, 3.8) is 0 Å². The summed E-state index contributed by atoms with van der Waals surface area (Å²) in [4.78, 5) is 1.28. The van der Waals surface area contributed by atoms with E-state index in [2.05, 4.69) is 28.2 Å². The smallest absolute Gasteiger partial charge is 0.129 e. The van der Waals surface area contributed by atoms with Gasteiger partial charge in [-0.1, -0.05) is 0 Å². The molecular formula is C11H13NOS2. The molecule has 0 aliphatic carbocycles. The van der Waals surface area contributed by atoms with Crippen molar-refractivity contribution < 1.29 is 4.74 Å². The van der Waals surface area contributed by atoms with Crippen molar-refractivity contribution in [3.8, 4) is 5.75 Å². The number of thiophene rings is 2. The Morgan fingerprint density at radius 2 is 2.27 bits per heavy atom. The Balaban J connectivity index is 2.27. The summed E-state index contributed by atoms with van der Waals surface area (Å²) < 4.78 is 5.19. The van der Waals surface area contributed by atoms with Crippen LogP contribution in [-0.4, -0.2) is 14.2 Å². The summed E-state index contributed by atoms with van der Waals surface area (Å²) in [6.07, 6.45) is 0. The first-order valence-electron chi connectivity index (χ1n) is 4.67. The Bertz CT molecular complexity index is 408. The predicted molar refractivity (Wildman–Crippen MR) is 66.1 cm³/mol. The normalized spacial score (nSPS) is 12.7. The van der Waals surface area contributed by atoms with Gasteiger partial charge in [-0.3, -0.25) is 0 Å². The molecule has 2 heterocycles. The fraction of sp³-hybridized carbons (Fsp3) is 0.273. The lowest BCUT2D eigenvalue weighted by atomic mass is 10.1. The monoisotopic (exact) mass is 239 g/mol. The summed E-state index contributed by atoms with van der Waals surface area (Å²) in [5.41, 5.74) is 1.31. The molecule has 2 rings (SSSR count). The van der Waals surface area contributed by atoms with E-state index in [0.29, 0.717) is 0 Å². The molecule has 0 saturated carbocycles. The maximum absolute atomic E-state index is 5.19. The molecule has 1 N–H and O–H groups in total. The van der Waals surface area contributed by atoms with Gasteiger partial charge in [0.2, 0.25) is 0 Å². The summed E-state index contributed by atoms with van der Waals surface area (Å²) in [7, 11) is 3.68. The van der Waals surface area contributed by atoms with E-state index < -0.39 is 0 Å². The second kappa shape index (κ2) is 4.79. The van der Waals surface area contributed by atoms with Gasteiger partial charge in [0.25, 0.3) is 0 Å². The Labute approximate surface area is 97.5 Å². The lowest BCUT2D eigenvalue weighted by Gasteiger charge is -2.12. The lowest BCUT2D eigenvalue weighted by molar-refractivity contribution is 0.416. The molecule has 0 aliphatic heterocycles. The maximum Gasteiger partial charge on any atom is 0.129 e. The summed E-state index contributed by atoms with van der Waals surface area (Å²) in [6, 6.07) is 4.52. The van der Waals surface area contributed by atoms with E-state index in [1.807, 2.05) is 12.4 Å². The van der Waals surface area contributed by atoms with Crippen LogP contribution in [0.4, 0.5) is 0 Å². The highest BCUT2D eigenvalue weighted by molar-refractivity contribution is 7.10. The van der Waals surface area contributed by atoms with Crippen molar-refractivity contribution in [1.82, 2.24) is 5.32 Å². The van der Waals surface area contributed by atoms with Crippen LogP contribution in [0.5, 0.6) is 5.75 Å². The van der Waals surface area contributed by atoms with Crippen molar-refractivity contribution in [2.75, 3.05) is 14.2 Å². The van der Waals surface area contributed by atoms with Gasteiger partial charge in [0.05, 0.1) is 13.2 Å². The molecule has 0 spiro atoms. The van der Waals surface area contributed by atoms with Crippen molar-refractivity contribution in [1.29, 1.82) is 0 Å². The van der Waals surface area contributed by atoms with Crippen molar-refractivity contribution in [3.05, 3.63) is 38.7 Å². The van der Waals surface area contributed by atoms with E-state index in [1.54, 1.807) is 29.8 Å². The summed E-state index contributed by atoms with van der Waals surface area (Å²) in [6.45, 7) is 0. The molecule has 0 saturated heterocycles. The minimum absolute atomic E-state index is 0.283. The van der Waals surface area contributed by atoms with Gasteiger partial charge < -0.3 is 10.1 Å². The largest absolute Gasteiger partial charge is 0.496 e. The average molecular weight is 239 g/mol. The third kappa shape index (κ3) is 2.22. The Morgan fingerprint density at radius 3 is 2.80 bits per heavy atom. The van der Waals surface area contributed by atoms with E-state index in [1.165, 1.54) is 10.4 Å². The van der Waals surface area contributed by atoms with Crippen LogP contribution in [0.1, 0.15) is 16.5 Å². The fourth-order valence-corrected chi connectivity index (χ4v) is 3.18. The second-order valence-corrected chi connectivity index (χ2v) is 4.89. The van der Waals surface area contributed by atoms with Gasteiger partial charge in [0, 0.05) is 10.3 Å². The minimum Gasteiger partial charge on any atom is -0.496 e. The van der Waals surface area contributed by atoms with Gasteiger partial charge in [-0.2, -0.15) is 11.3 Å². The third-order valence-corrected chi connectivity index (χ3v) is 3.96. The molecular weight excluding hydrogens is 226 g/mol. The molecule has 2 aromatic heterocycles. The topological polar surface area (TPSA) is 21.3 Å². The zero-order chi connectivity index (χ0) is 10.7. The van der Waals surface area contributed by atoms with Crippen molar-refractivity contribution >= 4 is 22.7 Å². The Morgan fingerprint density at radius 1 is 1.40 bits per heavy atom. The Kier molecular flexibility index (Phi) is 3.41. The molecule has 1 unspecified atom stereocenters. The highest BCUT2D eigenvalue weighted by Gasteiger charge is 2.14. The van der Waals surface area contributed by atoms with Crippen LogP contribution in [-0.2, 0) is 0 Å². The second-order valence-electron chi connectivity index (χ2n) is 3.17. The number of ether oxygens (including phenoxy) is 1. The average Bonchev–Trinajstić information content (AvgIpc) is 2.89. The van der Waals surface area contributed by atoms with Gasteiger partial charge in [-0.25, -0.2) is 0 Å². The number of rotatable bonds is 4. The highest BCUT2D eigenvalue weighted by atomic mass is 32.1. The first kappa shape index (κ1) is 10.7. The van der Waals surface area contributed by atoms with E-state index in [9.17, 15) is 0 Å². The quantitative estimate of drug-likeness (QED) is 0.885. The zero-order valence-electron chi connectivity index (χ0n) is 8.69. The molecule has 4 heteroatoms. The van der Waals surface area contributed by atoms with E-state index >= 15 is 0 Å². The Hall–Kier alpha value is -0.840. The summed E-state index contributed by atoms with van der Waals surface area (Å²) >= 11 is 3.45. The van der Waals surface area contributed by atoms with Crippen LogP contribution in [0.3, 0.4) is 0 Å². The molecule has 2 aromatic rings. The summed E-state index contributed by atoms with van der Waals surface area (Å²) in [5, 5.41) is 9.63. The molecule has 0 fully saturated rings. The zero-order valence-corrected chi connectivity index (χ0v) is 10.3. The number of nitrogens with one attached hydrogen (secondary N) is 1. The molecule has 15 heavy (non-hydrogen) atoms. The maximum atomic E-state index is 5.19. The van der Waals surface area contributed by atoms with Gasteiger partial charge in [-0.05, 0) is 35.5 Å². The summed E-state index contributed by atoms with van der Waals surface area (Å²) in [5.74, 6) is 0.936. The standard InChI is InChI=1S/C11H13NOS2/c1-12-11(8-3-4-14-6-8)10-5-9(13-2)7-15-10/h3-7,11-12H,1-2H3. The fourth-order valence-electron chi connectivity index (χ4n) is 1.51. The van der Waals surface area contributed by atoms with E-state index in [4.69, 9.17) is 4.74 Å². The molecule has 1 atom stereocenters. The number of hydrogen-bond acceptors (Lipinski definition) is 4. The first-order chi connectivity index (χ1) is 7.35. The van der Waals surface area contributed by atoms with Gasteiger partial charge >= 0.3 is 0 Å². The SMILES string of the molecule is CNC(c1ccsc1)c1cc(OC)cs1. The molecule has 0 bridgehead atoms. The highest BCUT2D eigenvalue weighted by Crippen LogP contribution is 2.31. The van der Waals surface area contributed by atoms with Crippen LogP contribution in [0.2, 0.25) is 0 Å². The third-order valence-electron chi connectivity index (χ3n) is 2.28. The minimum atomic E-state index is 0.283. The van der Waals surface area contributed by atoms with Crippen LogP contribution in [0, 0.1) is 0 Å². The van der Waals surface area contributed by atoms with Gasteiger partial charge in [0.1, 0.15) is 5.75 Å². The van der Waals surface area contributed by atoms with E-state index in [0.717, 1.165) is 5.75 Å². The van der Waals surface area contributed by atoms with Crippen LogP contribution >= 0.6 is 22.7 Å². The number of hydrogen-bond donors (Lipinski definition) is 1. The number of methoxy groups -OCH3 is 1. The van der Waals surface area contributed by atoms with Gasteiger partial charge in [0.15, 0.2) is 0 Å². The molecule has 80 valence electrons. The van der Waals surface area contributed by atoms with Gasteiger partial charge in [-0.15, -0.1) is 11.3 Å². The molecule has 0 aromatic carbocycles. The van der Waals surface area contributed by atoms with Crippen molar-refractivity contribution in [2.24, 2.45) is 0 Å². The predicted octanol–water partition coefficient (Wildman–Crippen LogP) is 3.13. The molecule has 0 aliphatic rings. The van der Waals surface area contributed by atoms with E-state index in [-0.39, 0.29) is 6.04 Å². The van der Waals surface area contributed by atoms with Crippen LogP contribution in [0.15, 0.2) is 28.3 Å². The first-order valence-corrected chi connectivity index (χ1v) is 6.49. The molecule has 0 radical (unpaired) electrons. The van der Waals surface area contributed by atoms with Crippen molar-refractivity contribution in [2.45, 2.75) is 6.04 Å².